The number of carbonyl (C=O) groups is 2. The van der Waals surface area contributed by atoms with Crippen LogP contribution >= 0.6 is 22.9 Å². The van der Waals surface area contributed by atoms with Crippen molar-refractivity contribution in [1.82, 2.24) is 24.7 Å². The molecule has 2 aromatic heterocycles. The first-order valence-electron chi connectivity index (χ1n) is 10.4. The quantitative estimate of drug-likeness (QED) is 0.543. The Morgan fingerprint density at radius 2 is 2.09 bits per heavy atom. The number of thiophene rings is 1. The first-order chi connectivity index (χ1) is 15.8. The summed E-state index contributed by atoms with van der Waals surface area (Å²) in [5.74, 6) is 0.106. The van der Waals surface area contributed by atoms with Crippen molar-refractivity contribution in [3.05, 3.63) is 46.6 Å². The van der Waals surface area contributed by atoms with Gasteiger partial charge in [-0.25, -0.2) is 9.97 Å². The molecule has 0 radical (unpaired) electrons. The fraction of sp³-hybridized carbons (Fsp3) is 0.364. The van der Waals surface area contributed by atoms with E-state index in [1.807, 2.05) is 37.2 Å². The molecule has 1 aliphatic heterocycles. The van der Waals surface area contributed by atoms with E-state index in [9.17, 15) is 9.59 Å². The molecule has 4 rings (SSSR count). The van der Waals surface area contributed by atoms with Crippen LogP contribution in [0.15, 0.2) is 36.7 Å². The number of piperazine rings is 1. The second kappa shape index (κ2) is 9.90. The molecule has 1 aliphatic rings. The number of hydrogen-bond donors (Lipinski definition) is 1. The van der Waals surface area contributed by atoms with E-state index in [2.05, 4.69) is 9.97 Å². The minimum absolute atomic E-state index is 0.0928. The number of benzene rings is 1. The van der Waals surface area contributed by atoms with Crippen molar-refractivity contribution < 1.29 is 14.3 Å². The second-order valence-electron chi connectivity index (χ2n) is 8.08. The van der Waals surface area contributed by atoms with Gasteiger partial charge >= 0.3 is 0 Å². The van der Waals surface area contributed by atoms with E-state index >= 15 is 0 Å². The van der Waals surface area contributed by atoms with Gasteiger partial charge in [-0.05, 0) is 43.9 Å². The minimum atomic E-state index is -0.588. The fourth-order valence-electron chi connectivity index (χ4n) is 3.85. The summed E-state index contributed by atoms with van der Waals surface area (Å²) >= 11 is 7.18. The van der Waals surface area contributed by atoms with Gasteiger partial charge in [0.15, 0.2) is 11.7 Å². The largest absolute Gasteiger partial charge is 0.474 e. The topological polar surface area (TPSA) is 105 Å². The van der Waals surface area contributed by atoms with E-state index < -0.39 is 6.04 Å². The second-order valence-corrected chi connectivity index (χ2v) is 9.76. The minimum Gasteiger partial charge on any atom is -0.474 e. The van der Waals surface area contributed by atoms with Crippen molar-refractivity contribution in [3.63, 3.8) is 0 Å². The highest BCUT2D eigenvalue weighted by Crippen LogP contribution is 2.28. The van der Waals surface area contributed by atoms with Crippen LogP contribution in [0.25, 0.3) is 10.9 Å². The third kappa shape index (κ3) is 5.35. The van der Waals surface area contributed by atoms with Crippen LogP contribution in [-0.4, -0.2) is 82.9 Å². The molecule has 3 aromatic rings. The first-order valence-corrected chi connectivity index (χ1v) is 11.6. The molecule has 9 nitrogen and oxygen atoms in total. The number of hydrogen-bond acceptors (Lipinski definition) is 8. The number of fused-ring (bicyclic) bond motifs is 1. The van der Waals surface area contributed by atoms with Crippen molar-refractivity contribution in [2.75, 3.05) is 46.1 Å². The molecule has 174 valence electrons. The molecule has 0 aliphatic carbocycles. The number of nitrogens with zero attached hydrogens (tertiary/aromatic N) is 5. The molecule has 2 N–H and O–H groups in total. The number of carbonyl (C=O) groups excluding carboxylic acids is 2. The molecule has 1 saturated heterocycles. The fourth-order valence-corrected chi connectivity index (χ4v) is 4.72. The molecule has 2 amide bonds. The summed E-state index contributed by atoms with van der Waals surface area (Å²) < 4.78 is 6.18. The average molecular weight is 489 g/mol. The number of likely N-dealkylation sites (N-methyl/N-ethyl adjacent to an activating group) is 1. The van der Waals surface area contributed by atoms with Gasteiger partial charge in [0.2, 0.25) is 5.91 Å². The van der Waals surface area contributed by atoms with E-state index in [1.165, 1.54) is 17.7 Å². The van der Waals surface area contributed by atoms with Crippen LogP contribution in [0, 0.1) is 0 Å². The van der Waals surface area contributed by atoms with Gasteiger partial charge in [0.1, 0.15) is 18.2 Å². The molecule has 3 heterocycles. The number of halogens is 1. The molecule has 1 fully saturated rings. The van der Waals surface area contributed by atoms with Crippen LogP contribution in [0.4, 0.5) is 5.82 Å². The maximum absolute atomic E-state index is 13.4. The lowest BCUT2D eigenvalue weighted by Gasteiger charge is -2.41. The zero-order valence-electron chi connectivity index (χ0n) is 18.4. The molecule has 0 bridgehead atoms. The Balaban J connectivity index is 1.46. The summed E-state index contributed by atoms with van der Waals surface area (Å²) in [7, 11) is 3.76. The van der Waals surface area contributed by atoms with E-state index in [0.29, 0.717) is 41.4 Å². The molecule has 1 aromatic carbocycles. The standard InChI is InChI=1S/C22H25ClN6O3S/c1-27(2)11-17-22(31)28(10-14-3-4-15-16(9-14)25-13-26-21(15)24)7-8-29(17)19(30)12-32-20-6-5-18(23)33-20/h3-6,9,13,17H,7-8,10-12H2,1-2H3,(H2,24,25,26)/t17-/m0/s1. The van der Waals surface area contributed by atoms with Gasteiger partial charge < -0.3 is 25.2 Å². The Morgan fingerprint density at radius 3 is 2.82 bits per heavy atom. The van der Waals surface area contributed by atoms with Crippen LogP contribution in [0.5, 0.6) is 5.06 Å². The van der Waals surface area contributed by atoms with Gasteiger partial charge in [0, 0.05) is 31.6 Å². The normalized spacial score (nSPS) is 16.6. The first kappa shape index (κ1) is 23.2. The molecule has 0 saturated carbocycles. The number of anilines is 1. The van der Waals surface area contributed by atoms with Crippen LogP contribution < -0.4 is 10.5 Å². The Labute approximate surface area is 200 Å². The van der Waals surface area contributed by atoms with Crippen LogP contribution in [0.2, 0.25) is 4.34 Å². The summed E-state index contributed by atoms with van der Waals surface area (Å²) in [6.07, 6.45) is 1.43. The van der Waals surface area contributed by atoms with Crippen molar-refractivity contribution in [2.45, 2.75) is 12.6 Å². The smallest absolute Gasteiger partial charge is 0.261 e. The summed E-state index contributed by atoms with van der Waals surface area (Å²) in [6.45, 7) is 1.58. The van der Waals surface area contributed by atoms with Crippen molar-refractivity contribution >= 4 is 51.5 Å². The Bertz CT molecular complexity index is 1170. The van der Waals surface area contributed by atoms with Crippen molar-refractivity contribution in [1.29, 1.82) is 0 Å². The van der Waals surface area contributed by atoms with Gasteiger partial charge in [0.05, 0.1) is 9.85 Å². The van der Waals surface area contributed by atoms with Gasteiger partial charge in [-0.1, -0.05) is 29.0 Å². The highest BCUT2D eigenvalue weighted by atomic mass is 35.5. The van der Waals surface area contributed by atoms with E-state index in [-0.39, 0.29) is 18.4 Å². The number of rotatable bonds is 7. The summed E-state index contributed by atoms with van der Waals surface area (Å²) in [5, 5.41) is 1.35. The van der Waals surface area contributed by atoms with Gasteiger partial charge in [-0.2, -0.15) is 0 Å². The number of nitrogen functional groups attached to an aromatic ring is 1. The number of nitrogens with two attached hydrogens (primary N) is 1. The summed E-state index contributed by atoms with van der Waals surface area (Å²) in [6, 6.07) is 8.57. The lowest BCUT2D eigenvalue weighted by Crippen LogP contribution is -2.61. The van der Waals surface area contributed by atoms with Gasteiger partial charge in [-0.3, -0.25) is 9.59 Å². The predicted molar refractivity (Wildman–Crippen MR) is 128 cm³/mol. The molecular weight excluding hydrogens is 464 g/mol. The predicted octanol–water partition coefficient (Wildman–Crippen LogP) is 2.11. The summed E-state index contributed by atoms with van der Waals surface area (Å²) in [5.41, 5.74) is 7.58. The number of aromatic nitrogens is 2. The summed E-state index contributed by atoms with van der Waals surface area (Å²) in [4.78, 5) is 39.9. The zero-order chi connectivity index (χ0) is 23.5. The molecule has 0 unspecified atom stereocenters. The monoisotopic (exact) mass is 488 g/mol. The lowest BCUT2D eigenvalue weighted by atomic mass is 10.1. The van der Waals surface area contributed by atoms with Crippen LogP contribution in [0.3, 0.4) is 0 Å². The Morgan fingerprint density at radius 1 is 1.27 bits per heavy atom. The van der Waals surface area contributed by atoms with Crippen LogP contribution in [0.1, 0.15) is 5.56 Å². The molecule has 1 atom stereocenters. The Hall–Kier alpha value is -2.95. The third-order valence-corrected chi connectivity index (χ3v) is 6.58. The van der Waals surface area contributed by atoms with Gasteiger partial charge in [0.25, 0.3) is 5.91 Å². The molecule has 11 heteroatoms. The molecular formula is C22H25ClN6O3S. The SMILES string of the molecule is CN(C)C[C@H]1C(=O)N(Cc2ccc3c(N)ncnc3c2)CCN1C(=O)COc1ccc(Cl)s1. The van der Waals surface area contributed by atoms with Crippen molar-refractivity contribution in [2.24, 2.45) is 0 Å². The zero-order valence-corrected chi connectivity index (χ0v) is 20.0. The van der Waals surface area contributed by atoms with Gasteiger partial charge in [-0.15, -0.1) is 0 Å². The molecule has 33 heavy (non-hydrogen) atoms. The van der Waals surface area contributed by atoms with E-state index in [1.54, 1.807) is 21.9 Å². The maximum Gasteiger partial charge on any atom is 0.261 e. The highest BCUT2D eigenvalue weighted by Gasteiger charge is 2.37. The number of amides is 2. The lowest BCUT2D eigenvalue weighted by molar-refractivity contribution is -0.153. The third-order valence-electron chi connectivity index (χ3n) is 5.43. The number of ether oxygens (including phenoxy) is 1. The average Bonchev–Trinajstić information content (AvgIpc) is 3.20. The highest BCUT2D eigenvalue weighted by molar-refractivity contribution is 7.17. The maximum atomic E-state index is 13.4. The van der Waals surface area contributed by atoms with E-state index in [4.69, 9.17) is 22.1 Å². The molecule has 0 spiro atoms. The van der Waals surface area contributed by atoms with Crippen LogP contribution in [-0.2, 0) is 16.1 Å². The Kier molecular flexibility index (Phi) is 6.96. The van der Waals surface area contributed by atoms with Crippen molar-refractivity contribution in [3.8, 4) is 5.06 Å². The van der Waals surface area contributed by atoms with E-state index in [0.717, 1.165) is 16.5 Å².